The standard InChI is InChI=1S/C24H23N5O5/c1-2-11-29(14-15-5-10-19-18(13-15)22(32)28-24(25)27-19)17-8-6-16(7-9-17)21(31)26-20(23(33)34)4-3-12-30/h1,5-10,12-13,20H,3-4,11,14H2,(H,26,31)(H,33,34)(H3,25,27,28,32)/t20-/m0/s1. The quantitative estimate of drug-likeness (QED) is 0.260. The lowest BCUT2D eigenvalue weighted by Gasteiger charge is -2.23. The molecule has 2 aromatic carbocycles. The number of aldehydes is 1. The number of carboxylic acids is 1. The van der Waals surface area contributed by atoms with E-state index < -0.39 is 17.9 Å². The van der Waals surface area contributed by atoms with Crippen molar-refractivity contribution in [3.63, 3.8) is 0 Å². The number of nitrogens with zero attached hydrogens (tertiary/aromatic N) is 2. The van der Waals surface area contributed by atoms with Gasteiger partial charge in [0.15, 0.2) is 0 Å². The zero-order valence-corrected chi connectivity index (χ0v) is 18.2. The summed E-state index contributed by atoms with van der Waals surface area (Å²) in [6.07, 6.45) is 6.18. The molecule has 0 radical (unpaired) electrons. The van der Waals surface area contributed by atoms with E-state index in [9.17, 15) is 24.3 Å². The number of terminal acetylenes is 1. The van der Waals surface area contributed by atoms with E-state index in [0.717, 1.165) is 11.3 Å². The molecule has 0 bridgehead atoms. The van der Waals surface area contributed by atoms with Gasteiger partial charge in [-0.1, -0.05) is 12.0 Å². The van der Waals surface area contributed by atoms with Crippen molar-refractivity contribution in [2.45, 2.75) is 25.4 Å². The minimum absolute atomic E-state index is 0.00924. The number of nitrogens with two attached hydrogens (primary N) is 1. The molecule has 10 nitrogen and oxygen atoms in total. The zero-order chi connectivity index (χ0) is 24.7. The number of anilines is 2. The predicted octanol–water partition coefficient (Wildman–Crippen LogP) is 1.31. The van der Waals surface area contributed by atoms with Crippen LogP contribution < -0.4 is 21.5 Å². The number of rotatable bonds is 10. The largest absolute Gasteiger partial charge is 0.480 e. The van der Waals surface area contributed by atoms with Crippen molar-refractivity contribution in [1.82, 2.24) is 15.3 Å². The molecule has 0 saturated carbocycles. The Kier molecular flexibility index (Phi) is 7.61. The number of aromatic nitrogens is 2. The molecule has 3 aromatic rings. The Hall–Kier alpha value is -4.65. The highest BCUT2D eigenvalue weighted by Crippen LogP contribution is 2.20. The predicted molar refractivity (Wildman–Crippen MR) is 127 cm³/mol. The van der Waals surface area contributed by atoms with E-state index in [4.69, 9.17) is 12.2 Å². The molecular weight excluding hydrogens is 438 g/mol. The molecule has 1 aromatic heterocycles. The Morgan fingerprint density at radius 2 is 2.00 bits per heavy atom. The summed E-state index contributed by atoms with van der Waals surface area (Å²) in [6, 6.07) is 10.6. The van der Waals surface area contributed by atoms with E-state index >= 15 is 0 Å². The van der Waals surface area contributed by atoms with Gasteiger partial charge >= 0.3 is 5.97 Å². The lowest BCUT2D eigenvalue weighted by atomic mass is 10.1. The van der Waals surface area contributed by atoms with Gasteiger partial charge in [-0.3, -0.25) is 14.6 Å². The van der Waals surface area contributed by atoms with Crippen molar-refractivity contribution in [2.24, 2.45) is 0 Å². The van der Waals surface area contributed by atoms with Gasteiger partial charge in [0.25, 0.3) is 11.5 Å². The van der Waals surface area contributed by atoms with Crippen LogP contribution in [0.1, 0.15) is 28.8 Å². The van der Waals surface area contributed by atoms with Crippen molar-refractivity contribution >= 4 is 40.7 Å². The average Bonchev–Trinajstić information content (AvgIpc) is 2.81. The maximum Gasteiger partial charge on any atom is 0.326 e. The maximum absolute atomic E-state index is 12.4. The van der Waals surface area contributed by atoms with Gasteiger partial charge in [-0.25, -0.2) is 9.78 Å². The van der Waals surface area contributed by atoms with Crippen LogP contribution in [0.3, 0.4) is 0 Å². The molecule has 3 rings (SSSR count). The van der Waals surface area contributed by atoms with Crippen molar-refractivity contribution in [3.8, 4) is 12.3 Å². The van der Waals surface area contributed by atoms with Gasteiger partial charge < -0.3 is 25.9 Å². The topological polar surface area (TPSA) is 158 Å². The summed E-state index contributed by atoms with van der Waals surface area (Å²) >= 11 is 0. The molecule has 34 heavy (non-hydrogen) atoms. The van der Waals surface area contributed by atoms with E-state index in [1.807, 2.05) is 11.0 Å². The fourth-order valence-corrected chi connectivity index (χ4v) is 3.43. The number of hydrogen-bond acceptors (Lipinski definition) is 7. The third-order valence-corrected chi connectivity index (χ3v) is 5.11. The summed E-state index contributed by atoms with van der Waals surface area (Å²) < 4.78 is 0. The van der Waals surface area contributed by atoms with Crippen LogP contribution in [0.4, 0.5) is 11.6 Å². The van der Waals surface area contributed by atoms with E-state index in [-0.39, 0.29) is 36.5 Å². The van der Waals surface area contributed by atoms with E-state index in [1.54, 1.807) is 36.4 Å². The highest BCUT2D eigenvalue weighted by atomic mass is 16.4. The Morgan fingerprint density at radius 3 is 2.65 bits per heavy atom. The summed E-state index contributed by atoms with van der Waals surface area (Å²) in [5.74, 6) is 0.867. The Labute approximate surface area is 194 Å². The molecule has 5 N–H and O–H groups in total. The van der Waals surface area contributed by atoms with Crippen molar-refractivity contribution in [2.75, 3.05) is 17.2 Å². The minimum Gasteiger partial charge on any atom is -0.480 e. The number of fused-ring (bicyclic) bond motifs is 1. The first kappa shape index (κ1) is 24.0. The smallest absolute Gasteiger partial charge is 0.326 e. The van der Waals surface area contributed by atoms with Gasteiger partial charge in [0.2, 0.25) is 5.95 Å². The number of carbonyl (C=O) groups is 3. The maximum atomic E-state index is 12.4. The van der Waals surface area contributed by atoms with Gasteiger partial charge in [-0.2, -0.15) is 0 Å². The van der Waals surface area contributed by atoms with Crippen LogP contribution in [-0.2, 0) is 16.1 Å². The molecule has 1 amide bonds. The molecule has 10 heteroatoms. The highest BCUT2D eigenvalue weighted by Gasteiger charge is 2.20. The Bertz CT molecular complexity index is 1310. The molecule has 0 aliphatic carbocycles. The van der Waals surface area contributed by atoms with Crippen LogP contribution in [-0.4, -0.2) is 45.8 Å². The SMILES string of the molecule is C#CCN(Cc1ccc2nc(N)[nH]c(=O)c2c1)c1ccc(C(=O)N[C@@H](CCC=O)C(=O)O)cc1. The van der Waals surface area contributed by atoms with Crippen LogP contribution in [0.2, 0.25) is 0 Å². The first-order valence-electron chi connectivity index (χ1n) is 10.4. The molecule has 1 heterocycles. The van der Waals surface area contributed by atoms with Gasteiger partial charge in [0, 0.05) is 24.2 Å². The number of hydrogen-bond donors (Lipinski definition) is 4. The zero-order valence-electron chi connectivity index (χ0n) is 18.2. The molecule has 174 valence electrons. The van der Waals surface area contributed by atoms with Crippen molar-refractivity contribution in [3.05, 3.63) is 63.9 Å². The summed E-state index contributed by atoms with van der Waals surface area (Å²) in [4.78, 5) is 54.9. The lowest BCUT2D eigenvalue weighted by molar-refractivity contribution is -0.139. The van der Waals surface area contributed by atoms with Gasteiger partial charge in [-0.05, 0) is 48.4 Å². The second-order valence-corrected chi connectivity index (χ2v) is 7.52. The Morgan fingerprint density at radius 1 is 1.26 bits per heavy atom. The molecule has 0 aliphatic heterocycles. The number of carbonyl (C=O) groups excluding carboxylic acids is 2. The molecular formula is C24H23N5O5. The van der Waals surface area contributed by atoms with Crippen molar-refractivity contribution < 1.29 is 19.5 Å². The number of nitrogens with one attached hydrogen (secondary N) is 2. The van der Waals surface area contributed by atoms with Crippen molar-refractivity contribution in [1.29, 1.82) is 0 Å². The number of nitrogen functional groups attached to an aromatic ring is 1. The van der Waals surface area contributed by atoms with Crippen LogP contribution in [0, 0.1) is 12.3 Å². The third-order valence-electron chi connectivity index (χ3n) is 5.11. The third kappa shape index (κ3) is 5.77. The summed E-state index contributed by atoms with van der Waals surface area (Å²) in [5, 5.41) is 12.0. The normalized spacial score (nSPS) is 11.4. The first-order chi connectivity index (χ1) is 16.3. The first-order valence-corrected chi connectivity index (χ1v) is 10.4. The minimum atomic E-state index is -1.21. The summed E-state index contributed by atoms with van der Waals surface area (Å²) in [6.45, 7) is 0.662. The molecule has 0 saturated heterocycles. The highest BCUT2D eigenvalue weighted by molar-refractivity contribution is 5.97. The number of carboxylic acid groups (broad SMARTS) is 1. The number of H-pyrrole nitrogens is 1. The van der Waals surface area contributed by atoms with Crippen LogP contribution in [0.15, 0.2) is 47.3 Å². The number of amides is 1. The molecule has 0 spiro atoms. The average molecular weight is 461 g/mol. The molecule has 0 fully saturated rings. The molecule has 0 unspecified atom stereocenters. The van der Waals surface area contributed by atoms with E-state index in [2.05, 4.69) is 21.2 Å². The summed E-state index contributed by atoms with van der Waals surface area (Å²) in [5.41, 5.74) is 7.55. The molecule has 0 aliphatic rings. The lowest BCUT2D eigenvalue weighted by Crippen LogP contribution is -2.40. The molecule has 1 atom stereocenters. The monoisotopic (exact) mass is 461 g/mol. The number of benzene rings is 2. The number of aliphatic carboxylic acids is 1. The van der Waals surface area contributed by atoms with Gasteiger partial charge in [0.05, 0.1) is 17.4 Å². The van der Waals surface area contributed by atoms with Gasteiger partial charge in [-0.15, -0.1) is 6.42 Å². The van der Waals surface area contributed by atoms with E-state index in [0.29, 0.717) is 23.7 Å². The van der Waals surface area contributed by atoms with Crippen LogP contribution in [0.5, 0.6) is 0 Å². The van der Waals surface area contributed by atoms with Crippen LogP contribution in [0.25, 0.3) is 10.9 Å². The fraction of sp³-hybridized carbons (Fsp3) is 0.208. The Balaban J connectivity index is 1.78. The second kappa shape index (κ2) is 10.8. The number of aromatic amines is 1. The van der Waals surface area contributed by atoms with Crippen LogP contribution >= 0.6 is 0 Å². The summed E-state index contributed by atoms with van der Waals surface area (Å²) in [7, 11) is 0. The second-order valence-electron chi connectivity index (χ2n) is 7.52. The van der Waals surface area contributed by atoms with Gasteiger partial charge in [0.1, 0.15) is 12.3 Å². The van der Waals surface area contributed by atoms with E-state index in [1.165, 1.54) is 0 Å². The fourth-order valence-electron chi connectivity index (χ4n) is 3.43.